The average Bonchev–Trinajstić information content (AvgIpc) is 2.24. The summed E-state index contributed by atoms with van der Waals surface area (Å²) in [6.45, 7) is 2.59. The maximum absolute atomic E-state index is 11.5. The van der Waals surface area contributed by atoms with Crippen molar-refractivity contribution in [3.05, 3.63) is 29.6 Å². The summed E-state index contributed by atoms with van der Waals surface area (Å²) in [5, 5.41) is 11.3. The van der Waals surface area contributed by atoms with Crippen LogP contribution in [0.4, 0.5) is 0 Å². The van der Waals surface area contributed by atoms with E-state index in [1.54, 1.807) is 6.07 Å². The number of aryl methyl sites for hydroxylation is 1. The summed E-state index contributed by atoms with van der Waals surface area (Å²) in [5.41, 5.74) is 1.28. The summed E-state index contributed by atoms with van der Waals surface area (Å²) < 4.78 is 0. The first kappa shape index (κ1) is 11.7. The quantitative estimate of drug-likeness (QED) is 0.706. The van der Waals surface area contributed by atoms with Gasteiger partial charge in [0.1, 0.15) is 5.69 Å². The monoisotopic (exact) mass is 208 g/mol. The number of hydrogen-bond acceptors (Lipinski definition) is 3. The van der Waals surface area contributed by atoms with Gasteiger partial charge in [0.05, 0.1) is 0 Å². The Morgan fingerprint density at radius 1 is 1.47 bits per heavy atom. The zero-order valence-electron chi connectivity index (χ0n) is 8.86. The minimum Gasteiger partial charge on any atom is -0.396 e. The van der Waals surface area contributed by atoms with Gasteiger partial charge in [0.2, 0.25) is 0 Å². The van der Waals surface area contributed by atoms with Crippen molar-refractivity contribution in [1.29, 1.82) is 0 Å². The van der Waals surface area contributed by atoms with E-state index < -0.39 is 0 Å². The van der Waals surface area contributed by atoms with Crippen LogP contribution in [0.3, 0.4) is 0 Å². The highest BCUT2D eigenvalue weighted by Crippen LogP contribution is 1.97. The molecule has 0 aromatic carbocycles. The molecule has 1 aromatic rings. The highest BCUT2D eigenvalue weighted by Gasteiger charge is 2.05. The van der Waals surface area contributed by atoms with Gasteiger partial charge in [-0.05, 0) is 31.9 Å². The van der Waals surface area contributed by atoms with Crippen LogP contribution in [-0.4, -0.2) is 29.1 Å². The predicted octanol–water partition coefficient (Wildman–Crippen LogP) is 0.892. The highest BCUT2D eigenvalue weighted by molar-refractivity contribution is 5.92. The van der Waals surface area contributed by atoms with Gasteiger partial charge in [-0.15, -0.1) is 0 Å². The zero-order valence-corrected chi connectivity index (χ0v) is 8.86. The number of unbranched alkanes of at least 4 members (excludes halogenated alkanes) is 1. The number of nitrogens with one attached hydrogen (secondary N) is 1. The molecule has 82 valence electrons. The topological polar surface area (TPSA) is 62.2 Å². The standard InChI is InChI=1S/C11H16N2O2/c1-9-5-4-6-10(13-9)11(15)12-7-2-3-8-14/h4-6,14H,2-3,7-8H2,1H3,(H,12,15). The van der Waals surface area contributed by atoms with Gasteiger partial charge in [-0.25, -0.2) is 4.98 Å². The molecule has 0 unspecified atom stereocenters. The normalized spacial score (nSPS) is 10.0. The van der Waals surface area contributed by atoms with Gasteiger partial charge in [-0.3, -0.25) is 4.79 Å². The van der Waals surface area contributed by atoms with Crippen LogP contribution in [0.15, 0.2) is 18.2 Å². The van der Waals surface area contributed by atoms with E-state index in [2.05, 4.69) is 10.3 Å². The molecule has 4 heteroatoms. The molecule has 0 aliphatic heterocycles. The van der Waals surface area contributed by atoms with Crippen molar-refractivity contribution >= 4 is 5.91 Å². The molecule has 0 bridgehead atoms. The van der Waals surface area contributed by atoms with Gasteiger partial charge in [0, 0.05) is 18.8 Å². The SMILES string of the molecule is Cc1cccc(C(=O)NCCCCO)n1. The second kappa shape index (κ2) is 6.14. The Balaban J connectivity index is 2.40. The fourth-order valence-electron chi connectivity index (χ4n) is 1.20. The van der Waals surface area contributed by atoms with E-state index in [0.29, 0.717) is 18.7 Å². The fraction of sp³-hybridized carbons (Fsp3) is 0.455. The molecular weight excluding hydrogens is 192 g/mol. The number of rotatable bonds is 5. The Labute approximate surface area is 89.3 Å². The van der Waals surface area contributed by atoms with E-state index in [-0.39, 0.29) is 12.5 Å². The van der Waals surface area contributed by atoms with Crippen LogP contribution in [0.1, 0.15) is 29.0 Å². The second-order valence-corrected chi connectivity index (χ2v) is 3.35. The van der Waals surface area contributed by atoms with Gasteiger partial charge in [0.25, 0.3) is 5.91 Å². The predicted molar refractivity (Wildman–Crippen MR) is 57.6 cm³/mol. The first-order valence-corrected chi connectivity index (χ1v) is 5.07. The molecule has 1 aromatic heterocycles. The number of nitrogens with zero attached hydrogens (tertiary/aromatic N) is 1. The molecule has 0 atom stereocenters. The van der Waals surface area contributed by atoms with E-state index >= 15 is 0 Å². The third-order valence-corrected chi connectivity index (χ3v) is 1.99. The van der Waals surface area contributed by atoms with Crippen LogP contribution in [0.5, 0.6) is 0 Å². The van der Waals surface area contributed by atoms with Crippen molar-refractivity contribution in [3.63, 3.8) is 0 Å². The van der Waals surface area contributed by atoms with Crippen LogP contribution in [0.25, 0.3) is 0 Å². The van der Waals surface area contributed by atoms with Gasteiger partial charge in [0.15, 0.2) is 0 Å². The summed E-state index contributed by atoms with van der Waals surface area (Å²) >= 11 is 0. The lowest BCUT2D eigenvalue weighted by Gasteiger charge is -2.04. The molecule has 1 heterocycles. The number of aromatic nitrogens is 1. The number of aliphatic hydroxyl groups is 1. The van der Waals surface area contributed by atoms with Crippen molar-refractivity contribution in [2.75, 3.05) is 13.2 Å². The van der Waals surface area contributed by atoms with E-state index in [1.807, 2.05) is 19.1 Å². The molecule has 4 nitrogen and oxygen atoms in total. The molecule has 15 heavy (non-hydrogen) atoms. The summed E-state index contributed by atoms with van der Waals surface area (Å²) in [6, 6.07) is 5.35. The summed E-state index contributed by atoms with van der Waals surface area (Å²) in [7, 11) is 0. The van der Waals surface area contributed by atoms with Crippen LogP contribution >= 0.6 is 0 Å². The largest absolute Gasteiger partial charge is 0.396 e. The van der Waals surface area contributed by atoms with Gasteiger partial charge in [-0.1, -0.05) is 6.07 Å². The third-order valence-electron chi connectivity index (χ3n) is 1.99. The molecule has 1 amide bonds. The van der Waals surface area contributed by atoms with Crippen LogP contribution < -0.4 is 5.32 Å². The Hall–Kier alpha value is -1.42. The van der Waals surface area contributed by atoms with Crippen molar-refractivity contribution in [3.8, 4) is 0 Å². The Morgan fingerprint density at radius 3 is 2.93 bits per heavy atom. The maximum atomic E-state index is 11.5. The van der Waals surface area contributed by atoms with E-state index in [4.69, 9.17) is 5.11 Å². The molecule has 1 rings (SSSR count). The number of carbonyl (C=O) groups excluding carboxylic acids is 1. The number of pyridine rings is 1. The molecule has 0 spiro atoms. The number of amides is 1. The number of aliphatic hydroxyl groups excluding tert-OH is 1. The molecule has 0 saturated heterocycles. The zero-order chi connectivity index (χ0) is 11.1. The van der Waals surface area contributed by atoms with E-state index in [9.17, 15) is 4.79 Å². The molecule has 0 saturated carbocycles. The fourth-order valence-corrected chi connectivity index (χ4v) is 1.20. The van der Waals surface area contributed by atoms with Crippen LogP contribution in [-0.2, 0) is 0 Å². The lowest BCUT2D eigenvalue weighted by Crippen LogP contribution is -2.25. The van der Waals surface area contributed by atoms with Crippen LogP contribution in [0, 0.1) is 6.92 Å². The smallest absolute Gasteiger partial charge is 0.269 e. The molecular formula is C11H16N2O2. The Bertz CT molecular complexity index is 326. The molecule has 0 radical (unpaired) electrons. The number of hydrogen-bond donors (Lipinski definition) is 2. The van der Waals surface area contributed by atoms with Crippen molar-refractivity contribution in [2.24, 2.45) is 0 Å². The molecule has 0 aliphatic carbocycles. The Kier molecular flexibility index (Phi) is 4.77. The second-order valence-electron chi connectivity index (χ2n) is 3.35. The van der Waals surface area contributed by atoms with Gasteiger partial charge in [-0.2, -0.15) is 0 Å². The summed E-state index contributed by atoms with van der Waals surface area (Å²) in [6.07, 6.45) is 1.50. The summed E-state index contributed by atoms with van der Waals surface area (Å²) in [4.78, 5) is 15.6. The highest BCUT2D eigenvalue weighted by atomic mass is 16.2. The average molecular weight is 208 g/mol. The third kappa shape index (κ3) is 4.08. The molecule has 0 fully saturated rings. The van der Waals surface area contributed by atoms with Crippen molar-refractivity contribution < 1.29 is 9.90 Å². The van der Waals surface area contributed by atoms with E-state index in [0.717, 1.165) is 12.1 Å². The van der Waals surface area contributed by atoms with Crippen molar-refractivity contribution in [1.82, 2.24) is 10.3 Å². The van der Waals surface area contributed by atoms with Gasteiger partial charge < -0.3 is 10.4 Å². The van der Waals surface area contributed by atoms with Crippen molar-refractivity contribution in [2.45, 2.75) is 19.8 Å². The lowest BCUT2D eigenvalue weighted by molar-refractivity contribution is 0.0947. The van der Waals surface area contributed by atoms with E-state index in [1.165, 1.54) is 0 Å². The first-order valence-electron chi connectivity index (χ1n) is 5.07. The minimum atomic E-state index is -0.156. The molecule has 2 N–H and O–H groups in total. The summed E-state index contributed by atoms with van der Waals surface area (Å²) in [5.74, 6) is -0.156. The first-order chi connectivity index (χ1) is 7.24. The van der Waals surface area contributed by atoms with Crippen LogP contribution in [0.2, 0.25) is 0 Å². The maximum Gasteiger partial charge on any atom is 0.269 e. The van der Waals surface area contributed by atoms with Gasteiger partial charge >= 0.3 is 0 Å². The Morgan fingerprint density at radius 2 is 2.27 bits per heavy atom. The lowest BCUT2D eigenvalue weighted by atomic mass is 10.3. The molecule has 0 aliphatic rings. The minimum absolute atomic E-state index is 0.156. The number of carbonyl (C=O) groups is 1.